The van der Waals surface area contributed by atoms with E-state index < -0.39 is 0 Å². The van der Waals surface area contributed by atoms with Crippen molar-refractivity contribution in [1.29, 1.82) is 0 Å². The van der Waals surface area contributed by atoms with Gasteiger partial charge in [0.05, 0.1) is 18.3 Å². The number of methoxy groups -OCH3 is 1. The lowest BCUT2D eigenvalue weighted by atomic mass is 9.85. The molecule has 1 aliphatic rings. The lowest BCUT2D eigenvalue weighted by Gasteiger charge is -2.41. The van der Waals surface area contributed by atoms with Crippen molar-refractivity contribution in [2.75, 3.05) is 34.4 Å². The molecule has 1 saturated heterocycles. The Morgan fingerprint density at radius 2 is 1.88 bits per heavy atom. The van der Waals surface area contributed by atoms with E-state index in [0.717, 1.165) is 43.1 Å². The molecular weight excluding hydrogens is 344 g/mol. The van der Waals surface area contributed by atoms with E-state index in [4.69, 9.17) is 14.5 Å². The van der Waals surface area contributed by atoms with E-state index in [2.05, 4.69) is 63.3 Å². The molecule has 142 valence electrons. The molecule has 5 heteroatoms. The van der Waals surface area contributed by atoms with Gasteiger partial charge in [0, 0.05) is 29.7 Å². The number of benzene rings is 1. The van der Waals surface area contributed by atoms with E-state index in [-0.39, 0.29) is 11.0 Å². The first-order valence-corrected chi connectivity index (χ1v) is 10.1. The highest BCUT2D eigenvalue weighted by molar-refractivity contribution is 7.10. The average Bonchev–Trinajstić information content (AvgIpc) is 3.11. The number of hydrogen-bond acceptors (Lipinski definition) is 5. The van der Waals surface area contributed by atoms with Crippen LogP contribution < -0.4 is 4.74 Å². The zero-order valence-electron chi connectivity index (χ0n) is 16.8. The SMILES string of the molecule is COc1ccc(-c2csc(C3(N(C)C)CCOCC3)n2)cc1C(C)(C)C. The normalized spacial score (nSPS) is 17.5. The highest BCUT2D eigenvalue weighted by atomic mass is 32.1. The predicted molar refractivity (Wildman–Crippen MR) is 108 cm³/mol. The third kappa shape index (κ3) is 3.53. The van der Waals surface area contributed by atoms with Crippen LogP contribution in [0.25, 0.3) is 11.3 Å². The Hall–Kier alpha value is -1.43. The van der Waals surface area contributed by atoms with Gasteiger partial charge in [0.25, 0.3) is 0 Å². The van der Waals surface area contributed by atoms with Crippen LogP contribution >= 0.6 is 11.3 Å². The lowest BCUT2D eigenvalue weighted by Crippen LogP contribution is -2.45. The van der Waals surface area contributed by atoms with Crippen molar-refractivity contribution in [3.63, 3.8) is 0 Å². The van der Waals surface area contributed by atoms with E-state index in [9.17, 15) is 0 Å². The van der Waals surface area contributed by atoms with E-state index >= 15 is 0 Å². The van der Waals surface area contributed by atoms with Crippen LogP contribution in [0.4, 0.5) is 0 Å². The topological polar surface area (TPSA) is 34.6 Å². The minimum absolute atomic E-state index is 0.0134. The number of hydrogen-bond donors (Lipinski definition) is 0. The molecule has 26 heavy (non-hydrogen) atoms. The average molecular weight is 375 g/mol. The largest absolute Gasteiger partial charge is 0.496 e. The van der Waals surface area contributed by atoms with Crippen LogP contribution in [0.2, 0.25) is 0 Å². The third-order valence-corrected chi connectivity index (χ3v) is 6.42. The first-order chi connectivity index (χ1) is 12.3. The minimum Gasteiger partial charge on any atom is -0.496 e. The summed E-state index contributed by atoms with van der Waals surface area (Å²) in [5, 5.41) is 3.37. The van der Waals surface area contributed by atoms with E-state index in [1.54, 1.807) is 18.4 Å². The smallest absolute Gasteiger partial charge is 0.122 e. The highest BCUT2D eigenvalue weighted by Gasteiger charge is 2.39. The molecule has 1 aliphatic heterocycles. The van der Waals surface area contributed by atoms with Crippen LogP contribution in [0.5, 0.6) is 5.75 Å². The summed E-state index contributed by atoms with van der Waals surface area (Å²) in [7, 11) is 6.03. The molecule has 0 radical (unpaired) electrons. The second kappa shape index (κ2) is 7.29. The van der Waals surface area contributed by atoms with Crippen LogP contribution in [0, 0.1) is 0 Å². The second-order valence-corrected chi connectivity index (χ2v) is 9.10. The molecule has 4 nitrogen and oxygen atoms in total. The van der Waals surface area contributed by atoms with Crippen molar-refractivity contribution in [3.8, 4) is 17.0 Å². The maximum Gasteiger partial charge on any atom is 0.122 e. The van der Waals surface area contributed by atoms with Crippen LogP contribution in [0.1, 0.15) is 44.2 Å². The Balaban J connectivity index is 2.00. The molecule has 0 atom stereocenters. The van der Waals surface area contributed by atoms with Crippen molar-refractivity contribution >= 4 is 11.3 Å². The number of ether oxygens (including phenoxy) is 2. The summed E-state index contributed by atoms with van der Waals surface area (Å²) >= 11 is 1.76. The first-order valence-electron chi connectivity index (χ1n) is 9.18. The number of thiazole rings is 1. The summed E-state index contributed by atoms with van der Waals surface area (Å²) in [6.45, 7) is 8.23. The molecule has 0 amide bonds. The number of nitrogens with zero attached hydrogens (tertiary/aromatic N) is 2. The fourth-order valence-electron chi connectivity index (χ4n) is 3.63. The van der Waals surface area contributed by atoms with Gasteiger partial charge in [-0.05, 0) is 50.6 Å². The molecule has 3 rings (SSSR count). The molecule has 0 unspecified atom stereocenters. The van der Waals surface area contributed by atoms with Crippen molar-refractivity contribution in [2.45, 2.75) is 44.6 Å². The summed E-state index contributed by atoms with van der Waals surface area (Å²) in [5.74, 6) is 0.936. The Kier molecular flexibility index (Phi) is 5.42. The van der Waals surface area contributed by atoms with Crippen LogP contribution in [0.15, 0.2) is 23.6 Å². The van der Waals surface area contributed by atoms with Crippen molar-refractivity contribution in [2.24, 2.45) is 0 Å². The second-order valence-electron chi connectivity index (χ2n) is 8.24. The maximum atomic E-state index is 5.60. The molecule has 0 bridgehead atoms. The van der Waals surface area contributed by atoms with Crippen molar-refractivity contribution in [1.82, 2.24) is 9.88 Å². The van der Waals surface area contributed by atoms with Gasteiger partial charge >= 0.3 is 0 Å². The van der Waals surface area contributed by atoms with Crippen LogP contribution in [0.3, 0.4) is 0 Å². The number of rotatable bonds is 4. The summed E-state index contributed by atoms with van der Waals surface area (Å²) in [6.07, 6.45) is 1.98. The molecule has 1 aromatic heterocycles. The molecule has 2 heterocycles. The Bertz CT molecular complexity index is 756. The zero-order chi connectivity index (χ0) is 18.9. The Labute approximate surface area is 161 Å². The van der Waals surface area contributed by atoms with Gasteiger partial charge in [0.2, 0.25) is 0 Å². The van der Waals surface area contributed by atoms with Gasteiger partial charge in [-0.3, -0.25) is 4.90 Å². The van der Waals surface area contributed by atoms with Gasteiger partial charge in [-0.15, -0.1) is 11.3 Å². The van der Waals surface area contributed by atoms with Gasteiger partial charge in [-0.1, -0.05) is 20.8 Å². The van der Waals surface area contributed by atoms with Crippen molar-refractivity contribution in [3.05, 3.63) is 34.2 Å². The van der Waals surface area contributed by atoms with Gasteiger partial charge in [-0.2, -0.15) is 0 Å². The van der Waals surface area contributed by atoms with Gasteiger partial charge in [0.1, 0.15) is 10.8 Å². The predicted octanol–water partition coefficient (Wildman–Crippen LogP) is 4.68. The molecule has 0 N–H and O–H groups in total. The maximum absolute atomic E-state index is 5.60. The molecule has 0 spiro atoms. The molecule has 0 aliphatic carbocycles. The van der Waals surface area contributed by atoms with Gasteiger partial charge in [0.15, 0.2) is 0 Å². The van der Waals surface area contributed by atoms with E-state index in [1.807, 2.05) is 0 Å². The summed E-state index contributed by atoms with van der Waals surface area (Å²) in [6, 6.07) is 6.40. The number of aromatic nitrogens is 1. The molecule has 1 aromatic carbocycles. The quantitative estimate of drug-likeness (QED) is 0.778. The zero-order valence-corrected chi connectivity index (χ0v) is 17.6. The fraction of sp³-hybridized carbons (Fsp3) is 0.571. The van der Waals surface area contributed by atoms with E-state index in [1.165, 1.54) is 10.6 Å². The monoisotopic (exact) mass is 374 g/mol. The Morgan fingerprint density at radius 3 is 2.46 bits per heavy atom. The highest BCUT2D eigenvalue weighted by Crippen LogP contribution is 2.41. The van der Waals surface area contributed by atoms with Crippen molar-refractivity contribution < 1.29 is 9.47 Å². The lowest BCUT2D eigenvalue weighted by molar-refractivity contribution is -0.0106. The molecule has 0 saturated carbocycles. The summed E-state index contributed by atoms with van der Waals surface area (Å²) in [5.41, 5.74) is 3.41. The summed E-state index contributed by atoms with van der Waals surface area (Å²) in [4.78, 5) is 7.37. The summed E-state index contributed by atoms with van der Waals surface area (Å²) < 4.78 is 11.2. The fourth-order valence-corrected chi connectivity index (χ4v) is 4.80. The first kappa shape index (κ1) is 19.3. The molecule has 2 aromatic rings. The third-order valence-electron chi connectivity index (χ3n) is 5.38. The van der Waals surface area contributed by atoms with Gasteiger partial charge < -0.3 is 9.47 Å². The van der Waals surface area contributed by atoms with Gasteiger partial charge in [-0.25, -0.2) is 4.98 Å². The van der Waals surface area contributed by atoms with E-state index in [0.29, 0.717) is 0 Å². The minimum atomic E-state index is -0.0134. The molecular formula is C21H30N2O2S. The standard InChI is InChI=1S/C21H30N2O2S/c1-20(2,3)16-13-15(7-8-18(16)24-6)17-14-26-19(22-17)21(23(4)5)9-11-25-12-10-21/h7-8,13-14H,9-12H2,1-6H3. The van der Waals surface area contributed by atoms with Crippen LogP contribution in [-0.4, -0.2) is 44.3 Å². The Morgan fingerprint density at radius 1 is 1.19 bits per heavy atom. The van der Waals surface area contributed by atoms with Crippen LogP contribution in [-0.2, 0) is 15.7 Å². The molecule has 1 fully saturated rings.